The number of nitrogens with one attached hydrogen (secondary N) is 2. The summed E-state index contributed by atoms with van der Waals surface area (Å²) in [6.45, 7) is 3.95. The van der Waals surface area contributed by atoms with Gasteiger partial charge in [-0.15, -0.1) is 0 Å². The first-order valence-corrected chi connectivity index (χ1v) is 10.5. The molecule has 152 valence electrons. The summed E-state index contributed by atoms with van der Waals surface area (Å²) in [7, 11) is -4.14. The Labute approximate surface area is 169 Å². The largest absolute Gasteiger partial charge is 0.493 e. The average Bonchev–Trinajstić information content (AvgIpc) is 2.62. The summed E-state index contributed by atoms with van der Waals surface area (Å²) >= 11 is 5.89. The summed E-state index contributed by atoms with van der Waals surface area (Å²) in [6.07, 6.45) is 0.528. The standard InChI is InChI=1S/C19H22ClFN2O4S/c1-13-12-15(20)8-9-17(13)27-11-5-10-22-19(24)14(2)23-28(25,26)18-7-4-3-6-16(18)21/h3-4,6-9,12,14,23H,5,10-11H2,1-2H3,(H,22,24)/t14-/m0/s1. The lowest BCUT2D eigenvalue weighted by molar-refractivity contribution is -0.122. The normalized spacial score (nSPS) is 12.4. The molecule has 2 N–H and O–H groups in total. The Morgan fingerprint density at radius 1 is 1.25 bits per heavy atom. The zero-order valence-corrected chi connectivity index (χ0v) is 17.1. The molecule has 1 amide bonds. The van der Waals surface area contributed by atoms with Gasteiger partial charge in [-0.05, 0) is 56.2 Å². The number of aryl methyl sites for hydroxylation is 1. The van der Waals surface area contributed by atoms with Crippen LogP contribution in [-0.2, 0) is 14.8 Å². The van der Waals surface area contributed by atoms with Crippen molar-refractivity contribution in [2.24, 2.45) is 0 Å². The average molecular weight is 429 g/mol. The van der Waals surface area contributed by atoms with Gasteiger partial charge < -0.3 is 10.1 Å². The minimum Gasteiger partial charge on any atom is -0.493 e. The van der Waals surface area contributed by atoms with E-state index < -0.39 is 32.7 Å². The van der Waals surface area contributed by atoms with Crippen molar-refractivity contribution >= 4 is 27.5 Å². The second-order valence-corrected chi connectivity index (χ2v) is 8.30. The molecule has 2 aromatic carbocycles. The first-order chi connectivity index (χ1) is 13.2. The van der Waals surface area contributed by atoms with Crippen LogP contribution in [0.25, 0.3) is 0 Å². The minimum atomic E-state index is -4.14. The Morgan fingerprint density at radius 2 is 1.96 bits per heavy atom. The maximum Gasteiger partial charge on any atom is 0.244 e. The van der Waals surface area contributed by atoms with Crippen LogP contribution in [0.3, 0.4) is 0 Å². The van der Waals surface area contributed by atoms with Crippen molar-refractivity contribution in [3.63, 3.8) is 0 Å². The summed E-state index contributed by atoms with van der Waals surface area (Å²) < 4.78 is 45.9. The van der Waals surface area contributed by atoms with Crippen LogP contribution < -0.4 is 14.8 Å². The van der Waals surface area contributed by atoms with Gasteiger partial charge in [0.2, 0.25) is 15.9 Å². The highest BCUT2D eigenvalue weighted by Crippen LogP contribution is 2.21. The molecule has 0 aliphatic rings. The third-order valence-electron chi connectivity index (χ3n) is 3.87. The van der Waals surface area contributed by atoms with E-state index in [4.69, 9.17) is 16.3 Å². The van der Waals surface area contributed by atoms with Gasteiger partial charge in [0.15, 0.2) is 0 Å². The van der Waals surface area contributed by atoms with E-state index in [1.807, 2.05) is 6.92 Å². The van der Waals surface area contributed by atoms with Gasteiger partial charge in [0, 0.05) is 11.6 Å². The fourth-order valence-electron chi connectivity index (χ4n) is 2.41. The van der Waals surface area contributed by atoms with Crippen molar-refractivity contribution in [3.05, 3.63) is 58.9 Å². The summed E-state index contributed by atoms with van der Waals surface area (Å²) in [5, 5.41) is 3.25. The lowest BCUT2D eigenvalue weighted by Gasteiger charge is -2.15. The van der Waals surface area contributed by atoms with Gasteiger partial charge in [0.1, 0.15) is 16.5 Å². The molecule has 0 radical (unpaired) electrons. The molecule has 0 saturated carbocycles. The number of benzene rings is 2. The van der Waals surface area contributed by atoms with Gasteiger partial charge in [0.25, 0.3) is 0 Å². The molecule has 0 unspecified atom stereocenters. The van der Waals surface area contributed by atoms with E-state index in [1.165, 1.54) is 19.1 Å². The molecule has 1 atom stereocenters. The molecule has 0 bridgehead atoms. The number of ether oxygens (including phenoxy) is 1. The second kappa shape index (κ2) is 9.86. The van der Waals surface area contributed by atoms with Crippen LogP contribution in [0.4, 0.5) is 4.39 Å². The Bertz CT molecular complexity index is 937. The molecule has 9 heteroatoms. The molecule has 0 aliphatic heterocycles. The molecule has 0 fully saturated rings. The predicted molar refractivity (Wildman–Crippen MR) is 105 cm³/mol. The third kappa shape index (κ3) is 6.19. The Balaban J connectivity index is 1.77. The van der Waals surface area contributed by atoms with E-state index in [-0.39, 0.29) is 0 Å². The molecule has 0 aliphatic carbocycles. The number of carbonyl (C=O) groups excluding carboxylic acids is 1. The number of hydrogen-bond acceptors (Lipinski definition) is 4. The maximum absolute atomic E-state index is 13.7. The highest BCUT2D eigenvalue weighted by Gasteiger charge is 2.24. The van der Waals surface area contributed by atoms with E-state index >= 15 is 0 Å². The third-order valence-corrected chi connectivity index (χ3v) is 5.68. The molecule has 0 aromatic heterocycles. The summed E-state index contributed by atoms with van der Waals surface area (Å²) in [6, 6.07) is 9.22. The van der Waals surface area contributed by atoms with Crippen LogP contribution in [0, 0.1) is 12.7 Å². The van der Waals surface area contributed by atoms with E-state index in [9.17, 15) is 17.6 Å². The molecule has 0 spiro atoms. The number of amides is 1. The van der Waals surface area contributed by atoms with Gasteiger partial charge in [-0.1, -0.05) is 23.7 Å². The van der Waals surface area contributed by atoms with Crippen molar-refractivity contribution in [2.45, 2.75) is 31.2 Å². The van der Waals surface area contributed by atoms with Crippen molar-refractivity contribution in [1.29, 1.82) is 0 Å². The molecule has 2 rings (SSSR count). The van der Waals surface area contributed by atoms with Crippen LogP contribution in [0.2, 0.25) is 5.02 Å². The molecule has 28 heavy (non-hydrogen) atoms. The smallest absolute Gasteiger partial charge is 0.244 e. The summed E-state index contributed by atoms with van der Waals surface area (Å²) in [5.41, 5.74) is 0.910. The van der Waals surface area contributed by atoms with Gasteiger partial charge >= 0.3 is 0 Å². The quantitative estimate of drug-likeness (QED) is 0.601. The van der Waals surface area contributed by atoms with Crippen molar-refractivity contribution in [1.82, 2.24) is 10.0 Å². The zero-order valence-electron chi connectivity index (χ0n) is 15.5. The number of halogens is 2. The van der Waals surface area contributed by atoms with E-state index in [1.54, 1.807) is 18.2 Å². The first kappa shape index (κ1) is 22.1. The number of hydrogen-bond donors (Lipinski definition) is 2. The minimum absolute atomic E-state index is 0.303. The fraction of sp³-hybridized carbons (Fsp3) is 0.316. The van der Waals surface area contributed by atoms with E-state index in [0.717, 1.165) is 17.7 Å². The topological polar surface area (TPSA) is 84.5 Å². The van der Waals surface area contributed by atoms with Crippen LogP contribution in [0.1, 0.15) is 18.9 Å². The lowest BCUT2D eigenvalue weighted by atomic mass is 10.2. The predicted octanol–water partition coefficient (Wildman–Crippen LogP) is 3.04. The van der Waals surface area contributed by atoms with Crippen molar-refractivity contribution in [3.8, 4) is 5.75 Å². The summed E-state index contributed by atoms with van der Waals surface area (Å²) in [5.74, 6) is -0.679. The zero-order chi connectivity index (χ0) is 20.7. The highest BCUT2D eigenvalue weighted by molar-refractivity contribution is 7.89. The molecular weight excluding hydrogens is 407 g/mol. The summed E-state index contributed by atoms with van der Waals surface area (Å²) in [4.78, 5) is 11.6. The molecule has 0 heterocycles. The highest BCUT2D eigenvalue weighted by atomic mass is 35.5. The molecular formula is C19H22ClFN2O4S. The van der Waals surface area contributed by atoms with Crippen molar-refractivity contribution in [2.75, 3.05) is 13.2 Å². The Kier molecular flexibility index (Phi) is 7.79. The van der Waals surface area contributed by atoms with E-state index in [0.29, 0.717) is 30.3 Å². The van der Waals surface area contributed by atoms with Crippen molar-refractivity contribution < 1.29 is 22.3 Å². The van der Waals surface area contributed by atoms with Gasteiger partial charge in [-0.25, -0.2) is 12.8 Å². The van der Waals surface area contributed by atoms with E-state index in [2.05, 4.69) is 10.0 Å². The second-order valence-electron chi connectivity index (χ2n) is 6.18. The number of sulfonamides is 1. The lowest BCUT2D eigenvalue weighted by Crippen LogP contribution is -2.45. The SMILES string of the molecule is Cc1cc(Cl)ccc1OCCCNC(=O)[C@H](C)NS(=O)(=O)c1ccccc1F. The van der Waals surface area contributed by atoms with Crippen LogP contribution >= 0.6 is 11.6 Å². The van der Waals surface area contributed by atoms with Gasteiger partial charge in [-0.2, -0.15) is 4.72 Å². The molecule has 6 nitrogen and oxygen atoms in total. The van der Waals surface area contributed by atoms with Crippen LogP contribution in [0.15, 0.2) is 47.4 Å². The number of rotatable bonds is 9. The van der Waals surface area contributed by atoms with Crippen LogP contribution in [-0.4, -0.2) is 33.5 Å². The van der Waals surface area contributed by atoms with Gasteiger partial charge in [0.05, 0.1) is 12.6 Å². The Hall–Kier alpha value is -2.16. The van der Waals surface area contributed by atoms with Crippen LogP contribution in [0.5, 0.6) is 5.75 Å². The van der Waals surface area contributed by atoms with Gasteiger partial charge in [-0.3, -0.25) is 4.79 Å². The first-order valence-electron chi connectivity index (χ1n) is 8.64. The number of carbonyl (C=O) groups is 1. The fourth-order valence-corrected chi connectivity index (χ4v) is 3.91. The molecule has 0 saturated heterocycles. The molecule has 2 aromatic rings. The maximum atomic E-state index is 13.7. The monoisotopic (exact) mass is 428 g/mol. The Morgan fingerprint density at radius 3 is 2.64 bits per heavy atom.